The lowest BCUT2D eigenvalue weighted by Crippen LogP contribution is -2.54. The van der Waals surface area contributed by atoms with Crippen LogP contribution in [0.4, 0.5) is 5.69 Å². The van der Waals surface area contributed by atoms with Crippen molar-refractivity contribution in [1.82, 2.24) is 5.32 Å². The molecule has 0 saturated carbocycles. The average molecular weight is 447 g/mol. The largest absolute Gasteiger partial charge is 0.356 e. The highest BCUT2D eigenvalue weighted by Crippen LogP contribution is 2.44. The monoisotopic (exact) mass is 446 g/mol. The second kappa shape index (κ2) is 10.5. The number of nitrogens with one attached hydrogen (secondary N) is 1. The van der Waals surface area contributed by atoms with Gasteiger partial charge in [0.15, 0.2) is 6.20 Å². The van der Waals surface area contributed by atoms with E-state index in [2.05, 4.69) is 107 Å². The minimum absolute atomic E-state index is 0.100. The minimum atomic E-state index is 0.100. The van der Waals surface area contributed by atoms with E-state index in [-0.39, 0.29) is 5.91 Å². The molecule has 32 heavy (non-hydrogen) atoms. The number of quaternary nitrogens is 1. The Balaban J connectivity index is 1.47. The molecule has 2 aromatic carbocycles. The Morgan fingerprint density at radius 2 is 1.97 bits per heavy atom. The van der Waals surface area contributed by atoms with Gasteiger partial charge in [0.2, 0.25) is 11.4 Å². The van der Waals surface area contributed by atoms with E-state index in [1.807, 2.05) is 0 Å². The topological polar surface area (TPSA) is 63.9 Å². The number of nitrogens with zero attached hydrogens (tertiary/aromatic N) is 2. The molecular formula is C26H30N4OS+2. The number of amides is 1. The number of hydrogen-bond acceptors (Lipinski definition) is 3. The summed E-state index contributed by atoms with van der Waals surface area (Å²) >= 11 is 1.80. The molecule has 0 atom stereocenters. The van der Waals surface area contributed by atoms with Crippen LogP contribution in [-0.4, -0.2) is 26.0 Å². The van der Waals surface area contributed by atoms with E-state index in [4.69, 9.17) is 0 Å². The second-order valence-electron chi connectivity index (χ2n) is 7.78. The molecule has 0 unspecified atom stereocenters. The van der Waals surface area contributed by atoms with Crippen molar-refractivity contribution in [2.45, 2.75) is 24.3 Å². The number of carbonyl (C=O) groups is 1. The molecule has 5 nitrogen and oxygen atoms in total. The number of anilines is 1. The van der Waals surface area contributed by atoms with Crippen molar-refractivity contribution >= 4 is 40.3 Å². The van der Waals surface area contributed by atoms with Crippen molar-refractivity contribution in [3.8, 4) is 0 Å². The molecule has 4 N–H and O–H groups in total. The molecule has 1 aliphatic rings. The van der Waals surface area contributed by atoms with Gasteiger partial charge in [0.25, 0.3) is 0 Å². The van der Waals surface area contributed by atoms with E-state index in [1.54, 1.807) is 11.8 Å². The summed E-state index contributed by atoms with van der Waals surface area (Å²) in [7, 11) is 2.11. The molecule has 0 aliphatic carbocycles. The Morgan fingerprint density at radius 3 is 2.81 bits per heavy atom. The van der Waals surface area contributed by atoms with Crippen LogP contribution in [0, 0.1) is 0 Å². The Bertz CT molecular complexity index is 1170. The highest BCUT2D eigenvalue weighted by atomic mass is 32.2. The number of aromatic nitrogens is 1. The maximum atomic E-state index is 11.9. The number of para-hydroxylation sites is 2. The van der Waals surface area contributed by atoms with E-state index in [0.29, 0.717) is 13.0 Å². The summed E-state index contributed by atoms with van der Waals surface area (Å²) in [4.78, 5) is 15.4. The van der Waals surface area contributed by atoms with E-state index < -0.39 is 0 Å². The highest BCUT2D eigenvalue weighted by Gasteiger charge is 2.20. The molecule has 0 spiro atoms. The molecule has 0 saturated heterocycles. The van der Waals surface area contributed by atoms with Gasteiger partial charge in [-0.3, -0.25) is 4.79 Å². The Morgan fingerprint density at radius 1 is 1.16 bits per heavy atom. The van der Waals surface area contributed by atoms with Crippen molar-refractivity contribution in [2.75, 3.05) is 25.0 Å². The molecule has 1 aliphatic heterocycles. The van der Waals surface area contributed by atoms with Gasteiger partial charge in [-0.1, -0.05) is 48.2 Å². The Kier molecular flexibility index (Phi) is 7.24. The molecule has 2 heterocycles. The number of hydrogen-bond donors (Lipinski definition) is 2. The predicted molar refractivity (Wildman–Crippen MR) is 132 cm³/mol. The van der Waals surface area contributed by atoms with Gasteiger partial charge >= 0.3 is 0 Å². The lowest BCUT2D eigenvalue weighted by atomic mass is 10.1. The third-order valence-corrected chi connectivity index (χ3v) is 6.73. The van der Waals surface area contributed by atoms with Crippen molar-refractivity contribution in [3.63, 3.8) is 0 Å². The van der Waals surface area contributed by atoms with Gasteiger partial charge < -0.3 is 16.0 Å². The molecule has 0 fully saturated rings. The summed E-state index contributed by atoms with van der Waals surface area (Å²) in [6.07, 6.45) is 9.93. The van der Waals surface area contributed by atoms with Crippen LogP contribution in [0.3, 0.4) is 0 Å². The fourth-order valence-electron chi connectivity index (χ4n) is 3.88. The van der Waals surface area contributed by atoms with Crippen LogP contribution in [0.5, 0.6) is 0 Å². The highest BCUT2D eigenvalue weighted by molar-refractivity contribution is 8.03. The number of fused-ring (bicyclic) bond motifs is 2. The van der Waals surface area contributed by atoms with Gasteiger partial charge in [-0.15, -0.1) is 0 Å². The minimum Gasteiger partial charge on any atom is -0.356 e. The molecule has 1 amide bonds. The van der Waals surface area contributed by atoms with Crippen LogP contribution in [-0.2, 0) is 11.3 Å². The molecule has 0 bridgehead atoms. The summed E-state index contributed by atoms with van der Waals surface area (Å²) in [5.74, 6) is 0.100. The van der Waals surface area contributed by atoms with Crippen molar-refractivity contribution in [3.05, 3.63) is 83.5 Å². The van der Waals surface area contributed by atoms with Gasteiger partial charge in [0.1, 0.15) is 6.54 Å². The third-order valence-electron chi connectivity index (χ3n) is 5.55. The SMILES string of the molecule is CN1/C(=C/C=C/c2cc[n+](CCCC(=O)NCC[NH3+])c3ccccc23)Sc2ccccc21. The smallest absolute Gasteiger partial charge is 0.220 e. The van der Waals surface area contributed by atoms with Gasteiger partial charge in [-0.05, 0) is 29.8 Å². The third kappa shape index (κ3) is 5.03. The first-order valence-electron chi connectivity index (χ1n) is 11.0. The van der Waals surface area contributed by atoms with Crippen LogP contribution < -0.4 is 20.5 Å². The maximum absolute atomic E-state index is 11.9. The van der Waals surface area contributed by atoms with Gasteiger partial charge in [-0.25, -0.2) is 0 Å². The quantitative estimate of drug-likeness (QED) is 0.522. The summed E-state index contributed by atoms with van der Waals surface area (Å²) in [6, 6.07) is 19.1. The van der Waals surface area contributed by atoms with Gasteiger partial charge in [0.05, 0.1) is 29.2 Å². The lowest BCUT2D eigenvalue weighted by molar-refractivity contribution is -0.671. The number of benzene rings is 2. The predicted octanol–water partition coefficient (Wildman–Crippen LogP) is 3.36. The first kappa shape index (κ1) is 22.1. The fraction of sp³-hybridized carbons (Fsp3) is 0.231. The molecular weight excluding hydrogens is 416 g/mol. The molecule has 4 rings (SSSR count). The summed E-state index contributed by atoms with van der Waals surface area (Å²) in [5, 5.41) is 5.32. The molecule has 0 radical (unpaired) electrons. The molecule has 1 aromatic heterocycles. The van der Waals surface area contributed by atoms with Crippen molar-refractivity contribution in [1.29, 1.82) is 0 Å². The Labute approximate surface area is 193 Å². The maximum Gasteiger partial charge on any atom is 0.220 e. The number of aryl methyl sites for hydroxylation is 1. The first-order chi connectivity index (χ1) is 15.7. The van der Waals surface area contributed by atoms with Gasteiger partial charge in [0, 0.05) is 36.9 Å². The molecule has 164 valence electrons. The fourth-order valence-corrected chi connectivity index (χ4v) is 4.94. The number of allylic oxidation sites excluding steroid dienone is 2. The molecule has 3 aromatic rings. The van der Waals surface area contributed by atoms with Crippen molar-refractivity contribution in [2.24, 2.45) is 0 Å². The zero-order chi connectivity index (χ0) is 22.3. The zero-order valence-corrected chi connectivity index (χ0v) is 19.3. The van der Waals surface area contributed by atoms with E-state index in [9.17, 15) is 4.79 Å². The number of rotatable bonds is 8. The summed E-state index contributed by atoms with van der Waals surface area (Å²) < 4.78 is 2.23. The number of carbonyl (C=O) groups excluding carboxylic acids is 1. The number of pyridine rings is 1. The van der Waals surface area contributed by atoms with E-state index in [1.165, 1.54) is 32.1 Å². The van der Waals surface area contributed by atoms with E-state index >= 15 is 0 Å². The van der Waals surface area contributed by atoms with Crippen LogP contribution in [0.1, 0.15) is 18.4 Å². The zero-order valence-electron chi connectivity index (χ0n) is 18.5. The summed E-state index contributed by atoms with van der Waals surface area (Å²) in [5.41, 5.74) is 7.37. The summed E-state index contributed by atoms with van der Waals surface area (Å²) in [6.45, 7) is 2.18. The molecule has 6 heteroatoms. The first-order valence-corrected chi connectivity index (χ1v) is 11.8. The van der Waals surface area contributed by atoms with Crippen LogP contribution in [0.15, 0.2) is 82.9 Å². The standard InChI is InChI=1S/C26H28N4OS/c1-29-23-11-4-5-12-24(23)32-26(29)14-6-8-20-15-19-30(22-10-3-2-9-21(20)22)18-7-13-25(31)28-17-16-27/h2-6,8-12,14-15,19H,7,13,16-18,27H2,1H3/p+2. The average Bonchev–Trinajstić information content (AvgIpc) is 3.14. The van der Waals surface area contributed by atoms with Crippen molar-refractivity contribution < 1.29 is 15.1 Å². The Hall–Kier alpha value is -3.09. The van der Waals surface area contributed by atoms with Crippen LogP contribution in [0.2, 0.25) is 0 Å². The normalized spacial score (nSPS) is 14.4. The second-order valence-corrected chi connectivity index (χ2v) is 8.84. The van der Waals surface area contributed by atoms with Gasteiger partial charge in [-0.2, -0.15) is 4.57 Å². The van der Waals surface area contributed by atoms with E-state index in [0.717, 1.165) is 19.5 Å². The van der Waals surface area contributed by atoms with Crippen LogP contribution in [0.25, 0.3) is 17.0 Å². The van der Waals surface area contributed by atoms with Crippen LogP contribution >= 0.6 is 11.8 Å². The lowest BCUT2D eigenvalue weighted by Gasteiger charge is -2.12. The number of thioether (sulfide) groups is 1.